The van der Waals surface area contributed by atoms with E-state index in [4.69, 9.17) is 0 Å². The first-order valence-electron chi connectivity index (χ1n) is 5.49. The van der Waals surface area contributed by atoms with Crippen molar-refractivity contribution in [3.05, 3.63) is 29.0 Å². The highest BCUT2D eigenvalue weighted by molar-refractivity contribution is 9.10. The molecule has 1 saturated carbocycles. The molecule has 3 heteroatoms. The molecule has 1 aliphatic carbocycles. The molecule has 1 aliphatic rings. The molecule has 0 saturated heterocycles. The van der Waals surface area contributed by atoms with E-state index in [9.17, 15) is 0 Å². The topological polar surface area (TPSA) is 17.8 Å². The number of hydrogen-bond acceptors (Lipinski definition) is 1. The lowest BCUT2D eigenvalue weighted by atomic mass is 10.2. The molecule has 0 spiro atoms. The molecule has 0 aliphatic heterocycles. The first kappa shape index (κ1) is 9.40. The van der Waals surface area contributed by atoms with Gasteiger partial charge in [-0.05, 0) is 40.9 Å². The third kappa shape index (κ3) is 1.49. The second-order valence-electron chi connectivity index (χ2n) is 4.18. The van der Waals surface area contributed by atoms with E-state index >= 15 is 0 Å². The molecule has 1 aromatic heterocycles. The minimum atomic E-state index is 0.645. The predicted molar refractivity (Wildman–Crippen MR) is 64.9 cm³/mol. The van der Waals surface area contributed by atoms with Crippen molar-refractivity contribution in [2.45, 2.75) is 31.7 Å². The maximum absolute atomic E-state index is 4.54. The van der Waals surface area contributed by atoms with Gasteiger partial charge in [0, 0.05) is 6.04 Å². The van der Waals surface area contributed by atoms with E-state index in [0.29, 0.717) is 6.04 Å². The third-order valence-corrected chi connectivity index (χ3v) is 3.80. The van der Waals surface area contributed by atoms with E-state index in [2.05, 4.69) is 43.7 Å². The SMILES string of the molecule is Brc1nc2ccccc2n1C1CCCC1. The highest BCUT2D eigenvalue weighted by atomic mass is 79.9. The summed E-state index contributed by atoms with van der Waals surface area (Å²) in [4.78, 5) is 4.54. The van der Waals surface area contributed by atoms with Crippen LogP contribution in [0.25, 0.3) is 11.0 Å². The van der Waals surface area contributed by atoms with Gasteiger partial charge in [0.15, 0.2) is 4.73 Å². The van der Waals surface area contributed by atoms with E-state index < -0.39 is 0 Å². The van der Waals surface area contributed by atoms with Crippen LogP contribution in [0.1, 0.15) is 31.7 Å². The molecule has 78 valence electrons. The molecule has 15 heavy (non-hydrogen) atoms. The molecule has 2 aromatic rings. The van der Waals surface area contributed by atoms with Crippen molar-refractivity contribution in [3.63, 3.8) is 0 Å². The first-order chi connectivity index (χ1) is 7.36. The molecule has 2 nitrogen and oxygen atoms in total. The van der Waals surface area contributed by atoms with Gasteiger partial charge >= 0.3 is 0 Å². The van der Waals surface area contributed by atoms with Crippen molar-refractivity contribution in [1.29, 1.82) is 0 Å². The zero-order valence-electron chi connectivity index (χ0n) is 8.49. The fraction of sp³-hybridized carbons (Fsp3) is 0.417. The maximum Gasteiger partial charge on any atom is 0.178 e. The van der Waals surface area contributed by atoms with Crippen LogP contribution in [0.4, 0.5) is 0 Å². The standard InChI is InChI=1S/C12H13BrN2/c13-12-14-10-7-3-4-8-11(10)15(12)9-5-1-2-6-9/h3-4,7-9H,1-2,5-6H2. The highest BCUT2D eigenvalue weighted by Gasteiger charge is 2.21. The summed E-state index contributed by atoms with van der Waals surface area (Å²) >= 11 is 3.57. The Balaban J connectivity index is 2.19. The fourth-order valence-electron chi connectivity index (χ4n) is 2.52. The summed E-state index contributed by atoms with van der Waals surface area (Å²) in [6.45, 7) is 0. The fourth-order valence-corrected chi connectivity index (χ4v) is 3.20. The van der Waals surface area contributed by atoms with Crippen molar-refractivity contribution in [2.75, 3.05) is 0 Å². The second-order valence-corrected chi connectivity index (χ2v) is 4.89. The van der Waals surface area contributed by atoms with E-state index in [1.165, 1.54) is 31.2 Å². The third-order valence-electron chi connectivity index (χ3n) is 3.24. The zero-order chi connectivity index (χ0) is 10.3. The van der Waals surface area contributed by atoms with E-state index in [1.807, 2.05) is 6.07 Å². The first-order valence-corrected chi connectivity index (χ1v) is 6.28. The molecule has 0 unspecified atom stereocenters. The maximum atomic E-state index is 4.54. The Labute approximate surface area is 97.4 Å². The van der Waals surface area contributed by atoms with Gasteiger partial charge in [-0.15, -0.1) is 0 Å². The Morgan fingerprint density at radius 2 is 1.93 bits per heavy atom. The number of halogens is 1. The Hall–Kier alpha value is -0.830. The number of benzene rings is 1. The number of aromatic nitrogens is 2. The lowest BCUT2D eigenvalue weighted by molar-refractivity contribution is 0.522. The van der Waals surface area contributed by atoms with Crippen molar-refractivity contribution < 1.29 is 0 Å². The Kier molecular flexibility index (Phi) is 2.28. The van der Waals surface area contributed by atoms with Gasteiger partial charge in [0.2, 0.25) is 0 Å². The van der Waals surface area contributed by atoms with Gasteiger partial charge in [0.1, 0.15) is 0 Å². The largest absolute Gasteiger partial charge is 0.315 e. The molecule has 1 aromatic carbocycles. The molecule has 0 bridgehead atoms. The quantitative estimate of drug-likeness (QED) is 0.764. The number of nitrogens with zero attached hydrogens (tertiary/aromatic N) is 2. The summed E-state index contributed by atoms with van der Waals surface area (Å²) in [5.74, 6) is 0. The minimum absolute atomic E-state index is 0.645. The predicted octanol–water partition coefficient (Wildman–Crippen LogP) is 3.91. The lowest BCUT2D eigenvalue weighted by Crippen LogP contribution is -2.04. The molecule has 0 atom stereocenters. The summed E-state index contributed by atoms with van der Waals surface area (Å²) in [7, 11) is 0. The Bertz CT molecular complexity index is 483. The van der Waals surface area contributed by atoms with E-state index in [1.54, 1.807) is 0 Å². The minimum Gasteiger partial charge on any atom is -0.315 e. The van der Waals surface area contributed by atoms with Gasteiger partial charge in [-0.3, -0.25) is 0 Å². The normalized spacial score (nSPS) is 17.7. The lowest BCUT2D eigenvalue weighted by Gasteiger charge is -2.13. The summed E-state index contributed by atoms with van der Waals surface area (Å²) in [6.07, 6.45) is 5.28. The van der Waals surface area contributed by atoms with Crippen molar-refractivity contribution >= 4 is 27.0 Å². The smallest absolute Gasteiger partial charge is 0.178 e. The molecule has 1 fully saturated rings. The van der Waals surface area contributed by atoms with Crippen LogP contribution < -0.4 is 0 Å². The van der Waals surface area contributed by atoms with Gasteiger partial charge in [-0.25, -0.2) is 4.98 Å². The van der Waals surface area contributed by atoms with Crippen LogP contribution in [0.15, 0.2) is 29.0 Å². The Morgan fingerprint density at radius 1 is 1.20 bits per heavy atom. The van der Waals surface area contributed by atoms with Crippen LogP contribution in [-0.2, 0) is 0 Å². The summed E-state index contributed by atoms with van der Waals surface area (Å²) in [5.41, 5.74) is 2.35. The van der Waals surface area contributed by atoms with Gasteiger partial charge in [-0.1, -0.05) is 25.0 Å². The van der Waals surface area contributed by atoms with Crippen LogP contribution in [0.2, 0.25) is 0 Å². The average molecular weight is 265 g/mol. The van der Waals surface area contributed by atoms with Crippen LogP contribution in [-0.4, -0.2) is 9.55 Å². The van der Waals surface area contributed by atoms with E-state index in [0.717, 1.165) is 10.3 Å². The van der Waals surface area contributed by atoms with Crippen molar-refractivity contribution in [2.24, 2.45) is 0 Å². The van der Waals surface area contributed by atoms with Crippen LogP contribution in [0, 0.1) is 0 Å². The summed E-state index contributed by atoms with van der Waals surface area (Å²) in [5, 5.41) is 0. The molecule has 0 radical (unpaired) electrons. The van der Waals surface area contributed by atoms with Crippen LogP contribution >= 0.6 is 15.9 Å². The number of imidazole rings is 1. The Morgan fingerprint density at radius 3 is 2.73 bits per heavy atom. The highest BCUT2D eigenvalue weighted by Crippen LogP contribution is 2.34. The van der Waals surface area contributed by atoms with Gasteiger partial charge in [0.25, 0.3) is 0 Å². The van der Waals surface area contributed by atoms with Crippen LogP contribution in [0.3, 0.4) is 0 Å². The molecular weight excluding hydrogens is 252 g/mol. The van der Waals surface area contributed by atoms with Crippen LogP contribution in [0.5, 0.6) is 0 Å². The van der Waals surface area contributed by atoms with Gasteiger partial charge < -0.3 is 4.57 Å². The molecule has 0 N–H and O–H groups in total. The number of rotatable bonds is 1. The summed E-state index contributed by atoms with van der Waals surface area (Å²) in [6, 6.07) is 9.01. The number of hydrogen-bond donors (Lipinski definition) is 0. The van der Waals surface area contributed by atoms with Gasteiger partial charge in [0.05, 0.1) is 11.0 Å². The molecule has 3 rings (SSSR count). The van der Waals surface area contributed by atoms with E-state index in [-0.39, 0.29) is 0 Å². The molecule has 1 heterocycles. The zero-order valence-corrected chi connectivity index (χ0v) is 10.1. The number of fused-ring (bicyclic) bond motifs is 1. The number of para-hydroxylation sites is 2. The molecular formula is C12H13BrN2. The monoisotopic (exact) mass is 264 g/mol. The average Bonchev–Trinajstić information content (AvgIpc) is 2.82. The van der Waals surface area contributed by atoms with Gasteiger partial charge in [-0.2, -0.15) is 0 Å². The summed E-state index contributed by atoms with van der Waals surface area (Å²) < 4.78 is 3.33. The molecule has 0 amide bonds. The van der Waals surface area contributed by atoms with Crippen molar-refractivity contribution in [1.82, 2.24) is 9.55 Å². The van der Waals surface area contributed by atoms with Crippen molar-refractivity contribution in [3.8, 4) is 0 Å². The second kappa shape index (κ2) is 3.63.